The summed E-state index contributed by atoms with van der Waals surface area (Å²) in [6, 6.07) is 4.46. The zero-order valence-corrected chi connectivity index (χ0v) is 21.7. The van der Waals surface area contributed by atoms with Crippen LogP contribution in [0.4, 0.5) is 0 Å². The normalized spacial score (nSPS) is 34.1. The maximum absolute atomic E-state index is 13.5. The van der Waals surface area contributed by atoms with Crippen LogP contribution in [0.15, 0.2) is 33.5 Å². The smallest absolute Gasteiger partial charge is 0.197 e. The van der Waals surface area contributed by atoms with Gasteiger partial charge in [-0.1, -0.05) is 0 Å². The predicted molar refractivity (Wildman–Crippen MR) is 137 cm³/mol. The van der Waals surface area contributed by atoms with Crippen molar-refractivity contribution in [3.63, 3.8) is 0 Å². The first-order valence-corrected chi connectivity index (χ1v) is 12.7. The molecule has 41 heavy (non-hydrogen) atoms. The number of ether oxygens (including phenoxy) is 2. The summed E-state index contributed by atoms with van der Waals surface area (Å²) in [5, 5.41) is 105. The fourth-order valence-corrected chi connectivity index (χ4v) is 5.34. The Morgan fingerprint density at radius 3 is 1.71 bits per heavy atom. The molecule has 0 amide bonds. The van der Waals surface area contributed by atoms with E-state index in [2.05, 4.69) is 0 Å². The van der Waals surface area contributed by atoms with Crippen LogP contribution in [0.1, 0.15) is 37.2 Å². The lowest BCUT2D eigenvalue weighted by Gasteiger charge is -2.41. The predicted octanol–water partition coefficient (Wildman–Crippen LogP) is -0.633. The third-order valence-corrected chi connectivity index (χ3v) is 7.73. The topological polar surface area (TPSA) is 251 Å². The first-order chi connectivity index (χ1) is 19.2. The molecule has 1 aromatic heterocycles. The second-order valence-corrected chi connectivity index (χ2v) is 10.4. The summed E-state index contributed by atoms with van der Waals surface area (Å²) in [4.78, 5) is 13.5. The molecule has 222 valence electrons. The Kier molecular flexibility index (Phi) is 7.38. The van der Waals surface area contributed by atoms with Crippen molar-refractivity contribution in [2.75, 3.05) is 0 Å². The monoisotopic (exact) mass is 578 g/mol. The molecule has 14 nitrogen and oxygen atoms in total. The molecule has 2 aliphatic heterocycles. The molecule has 2 aliphatic rings. The third kappa shape index (κ3) is 4.58. The van der Waals surface area contributed by atoms with Gasteiger partial charge in [0.25, 0.3) is 0 Å². The van der Waals surface area contributed by atoms with Crippen LogP contribution in [0, 0.1) is 0 Å². The highest BCUT2D eigenvalue weighted by atomic mass is 16.5. The first-order valence-electron chi connectivity index (χ1n) is 12.7. The molecular formula is C27H30O14. The molecule has 0 unspecified atom stereocenters. The average molecular weight is 579 g/mol. The lowest BCUT2D eigenvalue weighted by molar-refractivity contribution is -0.222. The molecule has 0 spiro atoms. The highest BCUT2D eigenvalue weighted by Crippen LogP contribution is 2.51. The van der Waals surface area contributed by atoms with Crippen LogP contribution in [0.5, 0.6) is 23.0 Å². The van der Waals surface area contributed by atoms with E-state index in [1.54, 1.807) is 0 Å². The highest BCUT2D eigenvalue weighted by molar-refractivity contribution is 5.92. The van der Waals surface area contributed by atoms with Gasteiger partial charge in [-0.3, -0.25) is 4.79 Å². The Hall–Kier alpha value is -3.47. The van der Waals surface area contributed by atoms with Gasteiger partial charge in [0, 0.05) is 11.6 Å². The molecule has 2 aromatic carbocycles. The maximum atomic E-state index is 13.5. The fraction of sp³-hybridized carbons (Fsp3) is 0.444. The molecular weight excluding hydrogens is 548 g/mol. The Bertz CT molecular complexity index is 1530. The number of phenols is 4. The molecule has 10 N–H and O–H groups in total. The minimum Gasteiger partial charge on any atom is -0.507 e. The zero-order valence-electron chi connectivity index (χ0n) is 21.7. The molecule has 2 saturated heterocycles. The Morgan fingerprint density at radius 2 is 1.17 bits per heavy atom. The molecule has 2 fully saturated rings. The summed E-state index contributed by atoms with van der Waals surface area (Å²) in [6.45, 7) is 2.74. The van der Waals surface area contributed by atoms with E-state index < -0.39 is 112 Å². The van der Waals surface area contributed by atoms with E-state index in [-0.39, 0.29) is 11.3 Å². The molecule has 0 radical (unpaired) electrons. The number of aliphatic hydroxyl groups excluding tert-OH is 6. The van der Waals surface area contributed by atoms with Gasteiger partial charge in [-0.05, 0) is 32.0 Å². The van der Waals surface area contributed by atoms with Crippen LogP contribution in [0.25, 0.3) is 22.3 Å². The Labute approximate surface area is 231 Å². The van der Waals surface area contributed by atoms with E-state index in [9.17, 15) is 55.9 Å². The molecule has 5 rings (SSSR count). The van der Waals surface area contributed by atoms with Crippen molar-refractivity contribution in [2.45, 2.75) is 74.9 Å². The number of hydrogen-bond acceptors (Lipinski definition) is 14. The van der Waals surface area contributed by atoms with Crippen molar-refractivity contribution in [3.8, 4) is 34.3 Å². The summed E-state index contributed by atoms with van der Waals surface area (Å²) in [6.07, 6.45) is -16.0. The molecule has 14 heteroatoms. The van der Waals surface area contributed by atoms with E-state index in [1.165, 1.54) is 19.9 Å². The quantitative estimate of drug-likeness (QED) is 0.174. The number of rotatable bonds is 3. The maximum Gasteiger partial charge on any atom is 0.197 e. The van der Waals surface area contributed by atoms with Gasteiger partial charge in [0.05, 0.1) is 23.3 Å². The number of hydrogen-bond donors (Lipinski definition) is 10. The van der Waals surface area contributed by atoms with E-state index >= 15 is 0 Å². The van der Waals surface area contributed by atoms with Gasteiger partial charge in [-0.15, -0.1) is 0 Å². The third-order valence-electron chi connectivity index (χ3n) is 7.73. The summed E-state index contributed by atoms with van der Waals surface area (Å²) >= 11 is 0. The number of aromatic hydroxyl groups is 4. The summed E-state index contributed by atoms with van der Waals surface area (Å²) in [7, 11) is 0. The van der Waals surface area contributed by atoms with Gasteiger partial charge in [0.1, 0.15) is 71.5 Å². The SMILES string of the molecule is C[C@@H]1O[C@@H](c2c(O)c([C@@H]3O[C@@H](C)[C@H](O)[C@@H](O)[C@H]3O)c3oc(-c4ccc(O)c(O)c4)cc(=O)c3c2O)[C@H](O)[C@H](O)[C@H]1O. The van der Waals surface area contributed by atoms with Gasteiger partial charge in [-0.25, -0.2) is 0 Å². The van der Waals surface area contributed by atoms with Crippen molar-refractivity contribution >= 4 is 11.0 Å². The summed E-state index contributed by atoms with van der Waals surface area (Å²) < 4.78 is 17.2. The summed E-state index contributed by atoms with van der Waals surface area (Å²) in [5.41, 5.74) is -2.38. The van der Waals surface area contributed by atoms with Crippen molar-refractivity contribution in [3.05, 3.63) is 45.6 Å². The van der Waals surface area contributed by atoms with Gasteiger partial charge in [-0.2, -0.15) is 0 Å². The summed E-state index contributed by atoms with van der Waals surface area (Å²) in [5.74, 6) is -3.00. The van der Waals surface area contributed by atoms with Crippen molar-refractivity contribution in [2.24, 2.45) is 0 Å². The fourth-order valence-electron chi connectivity index (χ4n) is 5.34. The van der Waals surface area contributed by atoms with Gasteiger partial charge in [0.2, 0.25) is 0 Å². The molecule has 3 aromatic rings. The van der Waals surface area contributed by atoms with E-state index in [0.717, 1.165) is 18.2 Å². The van der Waals surface area contributed by atoms with Gasteiger partial charge in [0.15, 0.2) is 22.5 Å². The van der Waals surface area contributed by atoms with E-state index in [0.29, 0.717) is 0 Å². The van der Waals surface area contributed by atoms with E-state index in [4.69, 9.17) is 13.9 Å². The number of aliphatic hydroxyl groups is 6. The van der Waals surface area contributed by atoms with Gasteiger partial charge < -0.3 is 65.0 Å². The Balaban J connectivity index is 1.82. The lowest BCUT2D eigenvalue weighted by Crippen LogP contribution is -2.53. The molecule has 3 heterocycles. The first kappa shape index (κ1) is 29.0. The standard InChI is InChI=1S/C27H30O14/c1-7-17(31)21(35)23(37)26(39-7)15-19(33)14-12(30)6-13(9-3-4-10(28)11(29)5-9)41-25(14)16(20(15)34)27-24(38)22(36)18(32)8(2)40-27/h3-8,17-18,21-24,26-29,31-38H,1-2H3/t7-,8-,17-,18-,21+,22+,23+,24+,26-,27-/m0/s1. The van der Waals surface area contributed by atoms with Crippen LogP contribution in [-0.4, -0.2) is 99.9 Å². The van der Waals surface area contributed by atoms with E-state index in [1.807, 2.05) is 0 Å². The number of benzene rings is 2. The van der Waals surface area contributed by atoms with Crippen LogP contribution >= 0.6 is 0 Å². The van der Waals surface area contributed by atoms with Crippen LogP contribution in [0.2, 0.25) is 0 Å². The molecule has 0 saturated carbocycles. The van der Waals surface area contributed by atoms with Crippen LogP contribution in [-0.2, 0) is 9.47 Å². The van der Waals surface area contributed by atoms with Gasteiger partial charge >= 0.3 is 0 Å². The molecule has 0 bridgehead atoms. The lowest BCUT2D eigenvalue weighted by atomic mass is 9.85. The minimum absolute atomic E-state index is 0.0965. The average Bonchev–Trinajstić information content (AvgIpc) is 2.92. The molecule has 0 aliphatic carbocycles. The number of fused-ring (bicyclic) bond motifs is 1. The molecule has 10 atom stereocenters. The van der Waals surface area contributed by atoms with Crippen LogP contribution in [0.3, 0.4) is 0 Å². The Morgan fingerprint density at radius 1 is 0.634 bits per heavy atom. The van der Waals surface area contributed by atoms with Crippen molar-refractivity contribution in [1.29, 1.82) is 0 Å². The second-order valence-electron chi connectivity index (χ2n) is 10.4. The highest BCUT2D eigenvalue weighted by Gasteiger charge is 2.48. The van der Waals surface area contributed by atoms with Crippen LogP contribution < -0.4 is 5.43 Å². The van der Waals surface area contributed by atoms with Crippen molar-refractivity contribution in [1.82, 2.24) is 0 Å². The largest absolute Gasteiger partial charge is 0.507 e. The number of phenolic OH excluding ortho intramolecular Hbond substituents is 4. The minimum atomic E-state index is -1.90. The van der Waals surface area contributed by atoms with Crippen molar-refractivity contribution < 1.29 is 65.0 Å². The second kappa shape index (κ2) is 10.4. The zero-order chi connectivity index (χ0) is 30.1.